The highest BCUT2D eigenvalue weighted by Gasteiger charge is 2.22. The van der Waals surface area contributed by atoms with E-state index in [0.29, 0.717) is 4.83 Å². The lowest BCUT2D eigenvalue weighted by atomic mass is 9.95. The first-order chi connectivity index (χ1) is 8.61. The summed E-state index contributed by atoms with van der Waals surface area (Å²) in [5.74, 6) is 0.746. The molecule has 0 aromatic carbocycles. The van der Waals surface area contributed by atoms with Crippen LogP contribution in [0.4, 0.5) is 0 Å². The molecular formula is C14H22BrClN2. The van der Waals surface area contributed by atoms with Crippen LogP contribution in [0.2, 0.25) is 5.02 Å². The fourth-order valence-electron chi connectivity index (χ4n) is 2.92. The summed E-state index contributed by atoms with van der Waals surface area (Å²) >= 11 is 10.2. The van der Waals surface area contributed by atoms with Crippen molar-refractivity contribution in [2.45, 2.75) is 63.7 Å². The molecule has 2 nitrogen and oxygen atoms in total. The van der Waals surface area contributed by atoms with Crippen molar-refractivity contribution in [1.29, 1.82) is 0 Å². The zero-order valence-corrected chi connectivity index (χ0v) is 13.6. The van der Waals surface area contributed by atoms with E-state index in [4.69, 9.17) is 11.6 Å². The second kappa shape index (κ2) is 6.42. The summed E-state index contributed by atoms with van der Waals surface area (Å²) in [6.07, 6.45) is 7.69. The Bertz CT molecular complexity index is 403. The van der Waals surface area contributed by atoms with Crippen LogP contribution in [-0.4, -0.2) is 14.6 Å². The highest BCUT2D eigenvalue weighted by atomic mass is 79.9. The summed E-state index contributed by atoms with van der Waals surface area (Å²) in [6.45, 7) is 5.04. The van der Waals surface area contributed by atoms with Crippen molar-refractivity contribution >= 4 is 27.5 Å². The molecule has 0 aliphatic heterocycles. The second-order valence-electron chi connectivity index (χ2n) is 5.35. The van der Waals surface area contributed by atoms with Gasteiger partial charge in [-0.2, -0.15) is 5.10 Å². The van der Waals surface area contributed by atoms with Gasteiger partial charge in [-0.3, -0.25) is 4.68 Å². The summed E-state index contributed by atoms with van der Waals surface area (Å²) in [5, 5.41) is 5.39. The van der Waals surface area contributed by atoms with Crippen molar-refractivity contribution in [3.8, 4) is 0 Å². The molecule has 2 atom stereocenters. The molecule has 0 amide bonds. The van der Waals surface area contributed by atoms with Crippen LogP contribution in [0.25, 0.3) is 0 Å². The van der Waals surface area contributed by atoms with Crippen LogP contribution in [0.3, 0.4) is 0 Å². The third-order valence-electron chi connectivity index (χ3n) is 3.90. The Kier molecular flexibility index (Phi) is 5.14. The average molecular weight is 334 g/mol. The summed E-state index contributed by atoms with van der Waals surface area (Å²) in [4.78, 5) is 0.683. The zero-order valence-electron chi connectivity index (χ0n) is 11.3. The lowest BCUT2D eigenvalue weighted by Crippen LogP contribution is -2.12. The number of aryl methyl sites for hydroxylation is 2. The number of hydrogen-bond acceptors (Lipinski definition) is 1. The van der Waals surface area contributed by atoms with E-state index in [9.17, 15) is 0 Å². The predicted octanol–water partition coefficient (Wildman–Crippen LogP) is 4.75. The Labute approximate surface area is 123 Å². The van der Waals surface area contributed by atoms with E-state index < -0.39 is 0 Å². The second-order valence-corrected chi connectivity index (χ2v) is 7.02. The van der Waals surface area contributed by atoms with Gasteiger partial charge in [0.15, 0.2) is 0 Å². The van der Waals surface area contributed by atoms with Crippen molar-refractivity contribution in [2.75, 3.05) is 0 Å². The molecule has 0 bridgehead atoms. The number of aromatic nitrogens is 2. The summed E-state index contributed by atoms with van der Waals surface area (Å²) in [7, 11) is 0. The first kappa shape index (κ1) is 14.4. The number of rotatable bonds is 3. The van der Waals surface area contributed by atoms with Crippen LogP contribution in [0.15, 0.2) is 0 Å². The summed E-state index contributed by atoms with van der Waals surface area (Å²) in [6, 6.07) is 0. The standard InChI is InChI=1S/C14H22BrClN2/c1-3-18-13(14(16)10(2)17-18)9-11-6-4-5-7-12(15)8-11/h11-12H,3-9H2,1-2H3. The molecule has 1 aromatic heterocycles. The Morgan fingerprint density at radius 3 is 2.83 bits per heavy atom. The molecule has 0 radical (unpaired) electrons. The van der Waals surface area contributed by atoms with Gasteiger partial charge >= 0.3 is 0 Å². The van der Waals surface area contributed by atoms with Gasteiger partial charge in [0.05, 0.1) is 16.4 Å². The molecule has 0 spiro atoms. The molecule has 1 heterocycles. The Hall–Kier alpha value is -0.0200. The number of alkyl halides is 1. The van der Waals surface area contributed by atoms with Crippen LogP contribution in [-0.2, 0) is 13.0 Å². The predicted molar refractivity (Wildman–Crippen MR) is 80.6 cm³/mol. The van der Waals surface area contributed by atoms with Crippen molar-refractivity contribution in [3.05, 3.63) is 16.4 Å². The van der Waals surface area contributed by atoms with Crippen molar-refractivity contribution in [2.24, 2.45) is 5.92 Å². The van der Waals surface area contributed by atoms with Gasteiger partial charge in [0.1, 0.15) is 0 Å². The molecule has 1 fully saturated rings. The van der Waals surface area contributed by atoms with Crippen molar-refractivity contribution < 1.29 is 0 Å². The van der Waals surface area contributed by atoms with E-state index in [1.807, 2.05) is 6.92 Å². The quantitative estimate of drug-likeness (QED) is 0.576. The zero-order chi connectivity index (χ0) is 13.1. The lowest BCUT2D eigenvalue weighted by Gasteiger charge is -2.17. The van der Waals surface area contributed by atoms with Crippen molar-refractivity contribution in [1.82, 2.24) is 9.78 Å². The van der Waals surface area contributed by atoms with Crippen LogP contribution >= 0.6 is 27.5 Å². The van der Waals surface area contributed by atoms with E-state index in [-0.39, 0.29) is 0 Å². The van der Waals surface area contributed by atoms with Gasteiger partial charge in [-0.15, -0.1) is 0 Å². The van der Waals surface area contributed by atoms with Crippen molar-refractivity contribution in [3.63, 3.8) is 0 Å². The monoisotopic (exact) mass is 332 g/mol. The van der Waals surface area contributed by atoms with Gasteiger partial charge in [0, 0.05) is 11.4 Å². The molecule has 4 heteroatoms. The highest BCUT2D eigenvalue weighted by Crippen LogP contribution is 2.32. The van der Waals surface area contributed by atoms with Gasteiger partial charge in [-0.05, 0) is 39.0 Å². The number of halogens is 2. The van der Waals surface area contributed by atoms with Gasteiger partial charge < -0.3 is 0 Å². The molecule has 0 saturated heterocycles. The maximum atomic E-state index is 6.39. The molecule has 2 unspecified atom stereocenters. The highest BCUT2D eigenvalue weighted by molar-refractivity contribution is 9.09. The third kappa shape index (κ3) is 3.30. The smallest absolute Gasteiger partial charge is 0.0847 e. The van der Waals surface area contributed by atoms with Crippen LogP contribution in [0.1, 0.15) is 50.4 Å². The largest absolute Gasteiger partial charge is 0.268 e. The maximum absolute atomic E-state index is 6.39. The summed E-state index contributed by atoms with van der Waals surface area (Å²) in [5.41, 5.74) is 2.21. The third-order valence-corrected chi connectivity index (χ3v) is 5.23. The Balaban J connectivity index is 2.12. The fourth-order valence-corrected chi connectivity index (χ4v) is 3.98. The van der Waals surface area contributed by atoms with E-state index in [0.717, 1.165) is 29.6 Å². The van der Waals surface area contributed by atoms with E-state index in [1.54, 1.807) is 0 Å². The average Bonchev–Trinajstić information content (AvgIpc) is 2.53. The molecule has 0 N–H and O–H groups in total. The van der Waals surface area contributed by atoms with Gasteiger partial charge in [-0.25, -0.2) is 0 Å². The fraction of sp³-hybridized carbons (Fsp3) is 0.786. The first-order valence-corrected chi connectivity index (χ1v) is 8.27. The minimum atomic E-state index is 0.683. The molecule has 18 heavy (non-hydrogen) atoms. The Morgan fingerprint density at radius 1 is 1.39 bits per heavy atom. The molecule has 1 aliphatic carbocycles. The normalized spacial score (nSPS) is 25.1. The summed E-state index contributed by atoms with van der Waals surface area (Å²) < 4.78 is 2.08. The number of hydrogen-bond donors (Lipinski definition) is 0. The molecular weight excluding hydrogens is 312 g/mol. The van der Waals surface area contributed by atoms with Gasteiger partial charge in [-0.1, -0.05) is 46.8 Å². The van der Waals surface area contributed by atoms with E-state index in [2.05, 4.69) is 32.6 Å². The number of nitrogens with zero attached hydrogens (tertiary/aromatic N) is 2. The molecule has 2 rings (SSSR count). The van der Waals surface area contributed by atoms with E-state index >= 15 is 0 Å². The van der Waals surface area contributed by atoms with E-state index in [1.165, 1.54) is 37.8 Å². The molecule has 1 aliphatic rings. The van der Waals surface area contributed by atoms with Gasteiger partial charge in [0.2, 0.25) is 0 Å². The minimum absolute atomic E-state index is 0.683. The Morgan fingerprint density at radius 2 is 2.11 bits per heavy atom. The van der Waals surface area contributed by atoms with Crippen LogP contribution < -0.4 is 0 Å². The molecule has 1 saturated carbocycles. The topological polar surface area (TPSA) is 17.8 Å². The lowest BCUT2D eigenvalue weighted by molar-refractivity contribution is 0.444. The molecule has 1 aromatic rings. The first-order valence-electron chi connectivity index (χ1n) is 6.97. The minimum Gasteiger partial charge on any atom is -0.268 e. The molecule has 102 valence electrons. The van der Waals surface area contributed by atoms with Crippen LogP contribution in [0.5, 0.6) is 0 Å². The maximum Gasteiger partial charge on any atom is 0.0847 e. The van der Waals surface area contributed by atoms with Crippen LogP contribution in [0, 0.1) is 12.8 Å². The SMILES string of the molecule is CCn1nc(C)c(Cl)c1CC1CCCCC(Br)C1. The van der Waals surface area contributed by atoms with Gasteiger partial charge in [0.25, 0.3) is 0 Å².